The van der Waals surface area contributed by atoms with E-state index in [2.05, 4.69) is 15.6 Å². The molecule has 120 valence electrons. The molecule has 1 aliphatic heterocycles. The lowest BCUT2D eigenvalue weighted by Crippen LogP contribution is -2.42. The third-order valence-electron chi connectivity index (χ3n) is 3.58. The topological polar surface area (TPSA) is 71.1 Å². The van der Waals surface area contributed by atoms with Crippen molar-refractivity contribution in [2.45, 2.75) is 13.0 Å². The minimum Gasteiger partial charge on any atom is -0.354 e. The first-order valence-electron chi connectivity index (χ1n) is 6.95. The molecule has 2 amide bonds. The summed E-state index contributed by atoms with van der Waals surface area (Å²) in [4.78, 5) is 28.4. The first kappa shape index (κ1) is 15.9. The molecular weight excluding hydrogens is 341 g/mol. The molecule has 1 fully saturated rings. The van der Waals surface area contributed by atoms with Gasteiger partial charge in [0.2, 0.25) is 5.91 Å². The standard InChI is InChI=1S/C15H13ClFN3O2S/c1-7-5-18-14(22)12(7)20-13(21)11-6-19-15(23-11)8-2-9(16)4-10(17)3-8/h2-4,6-7,12H,5H2,1H3,(H,18,22)(H,20,21). The van der Waals surface area contributed by atoms with Gasteiger partial charge in [-0.05, 0) is 18.2 Å². The molecule has 1 aromatic heterocycles. The van der Waals surface area contributed by atoms with Crippen LogP contribution in [0.1, 0.15) is 16.6 Å². The summed E-state index contributed by atoms with van der Waals surface area (Å²) in [6, 6.07) is 3.54. The minimum absolute atomic E-state index is 0.0286. The largest absolute Gasteiger partial charge is 0.354 e. The van der Waals surface area contributed by atoms with E-state index in [0.29, 0.717) is 22.0 Å². The summed E-state index contributed by atoms with van der Waals surface area (Å²) in [6.07, 6.45) is 1.41. The summed E-state index contributed by atoms with van der Waals surface area (Å²) < 4.78 is 13.4. The van der Waals surface area contributed by atoms with Crippen LogP contribution < -0.4 is 10.6 Å². The minimum atomic E-state index is -0.545. The Kier molecular flexibility index (Phi) is 4.32. The van der Waals surface area contributed by atoms with E-state index in [1.54, 1.807) is 6.07 Å². The second-order valence-corrected chi connectivity index (χ2v) is 6.83. The molecular formula is C15H13ClFN3O2S. The van der Waals surface area contributed by atoms with Crippen molar-refractivity contribution in [1.29, 1.82) is 0 Å². The molecule has 5 nitrogen and oxygen atoms in total. The molecule has 0 spiro atoms. The van der Waals surface area contributed by atoms with E-state index < -0.39 is 11.9 Å². The third-order valence-corrected chi connectivity index (χ3v) is 4.84. The maximum Gasteiger partial charge on any atom is 0.263 e. The van der Waals surface area contributed by atoms with E-state index in [1.165, 1.54) is 18.3 Å². The number of thiazole rings is 1. The SMILES string of the molecule is CC1CNC(=O)C1NC(=O)c1cnc(-c2cc(F)cc(Cl)c2)s1. The van der Waals surface area contributed by atoms with Crippen LogP contribution in [0.3, 0.4) is 0 Å². The van der Waals surface area contributed by atoms with Crippen LogP contribution in [-0.2, 0) is 4.79 Å². The number of hydrogen-bond donors (Lipinski definition) is 2. The Morgan fingerprint density at radius 3 is 2.91 bits per heavy atom. The van der Waals surface area contributed by atoms with Crippen LogP contribution in [0.2, 0.25) is 5.02 Å². The second-order valence-electron chi connectivity index (χ2n) is 5.36. The van der Waals surface area contributed by atoms with Gasteiger partial charge in [-0.25, -0.2) is 9.37 Å². The summed E-state index contributed by atoms with van der Waals surface area (Å²) in [5.41, 5.74) is 0.506. The third kappa shape index (κ3) is 3.35. The highest BCUT2D eigenvalue weighted by molar-refractivity contribution is 7.16. The number of carbonyl (C=O) groups is 2. The number of nitrogens with zero attached hydrogens (tertiary/aromatic N) is 1. The molecule has 23 heavy (non-hydrogen) atoms. The normalized spacial score (nSPS) is 20.4. The average molecular weight is 354 g/mol. The van der Waals surface area contributed by atoms with Gasteiger partial charge >= 0.3 is 0 Å². The van der Waals surface area contributed by atoms with Crippen molar-refractivity contribution in [3.8, 4) is 10.6 Å². The molecule has 2 heterocycles. The van der Waals surface area contributed by atoms with Gasteiger partial charge in [0.05, 0.1) is 6.20 Å². The van der Waals surface area contributed by atoms with Gasteiger partial charge in [0.1, 0.15) is 21.7 Å². The number of rotatable bonds is 3. The zero-order chi connectivity index (χ0) is 16.6. The highest BCUT2D eigenvalue weighted by Crippen LogP contribution is 2.28. The molecule has 8 heteroatoms. The average Bonchev–Trinajstić information content (AvgIpc) is 3.09. The van der Waals surface area contributed by atoms with E-state index in [9.17, 15) is 14.0 Å². The summed E-state index contributed by atoms with van der Waals surface area (Å²) in [7, 11) is 0. The molecule has 0 aliphatic carbocycles. The van der Waals surface area contributed by atoms with Crippen LogP contribution in [0.5, 0.6) is 0 Å². The molecule has 0 bridgehead atoms. The van der Waals surface area contributed by atoms with Crippen LogP contribution in [0.15, 0.2) is 24.4 Å². The Morgan fingerprint density at radius 1 is 1.48 bits per heavy atom. The van der Waals surface area contributed by atoms with Crippen LogP contribution in [0.4, 0.5) is 4.39 Å². The molecule has 2 atom stereocenters. The predicted octanol–water partition coefficient (Wildman–Crippen LogP) is 2.47. The van der Waals surface area contributed by atoms with Crippen molar-refractivity contribution in [3.05, 3.63) is 40.1 Å². The number of amides is 2. The van der Waals surface area contributed by atoms with E-state index >= 15 is 0 Å². The number of hydrogen-bond acceptors (Lipinski definition) is 4. The Bertz CT molecular complexity index is 760. The summed E-state index contributed by atoms with van der Waals surface area (Å²) in [6.45, 7) is 2.43. The van der Waals surface area contributed by atoms with Crippen LogP contribution in [-0.4, -0.2) is 29.4 Å². The lowest BCUT2D eigenvalue weighted by molar-refractivity contribution is -0.121. The molecule has 1 aliphatic rings. The maximum absolute atomic E-state index is 13.4. The first-order chi connectivity index (χ1) is 10.9. The van der Waals surface area contributed by atoms with Crippen molar-refractivity contribution in [1.82, 2.24) is 15.6 Å². The fraction of sp³-hybridized carbons (Fsp3) is 0.267. The van der Waals surface area contributed by atoms with Crippen LogP contribution in [0, 0.1) is 11.7 Å². The van der Waals surface area contributed by atoms with Gasteiger partial charge in [0.15, 0.2) is 0 Å². The van der Waals surface area contributed by atoms with Gasteiger partial charge in [-0.3, -0.25) is 9.59 Å². The summed E-state index contributed by atoms with van der Waals surface area (Å²) in [5, 5.41) is 6.15. The zero-order valence-corrected chi connectivity index (χ0v) is 13.7. The van der Waals surface area contributed by atoms with Crippen molar-refractivity contribution in [2.24, 2.45) is 5.92 Å². The summed E-state index contributed by atoms with van der Waals surface area (Å²) in [5.74, 6) is -0.997. The molecule has 3 rings (SSSR count). The molecule has 0 radical (unpaired) electrons. The highest BCUT2D eigenvalue weighted by Gasteiger charge is 2.33. The van der Waals surface area contributed by atoms with Crippen molar-refractivity contribution < 1.29 is 14.0 Å². The van der Waals surface area contributed by atoms with E-state index in [-0.39, 0.29) is 22.8 Å². The van der Waals surface area contributed by atoms with Crippen LogP contribution >= 0.6 is 22.9 Å². The number of benzene rings is 1. The highest BCUT2D eigenvalue weighted by atomic mass is 35.5. The maximum atomic E-state index is 13.4. The molecule has 2 N–H and O–H groups in total. The Morgan fingerprint density at radius 2 is 2.26 bits per heavy atom. The number of halogens is 2. The van der Waals surface area contributed by atoms with Gasteiger partial charge in [0.25, 0.3) is 5.91 Å². The van der Waals surface area contributed by atoms with Crippen molar-refractivity contribution >= 4 is 34.8 Å². The Balaban J connectivity index is 1.78. The smallest absolute Gasteiger partial charge is 0.263 e. The van der Waals surface area contributed by atoms with Gasteiger partial charge in [-0.1, -0.05) is 18.5 Å². The van der Waals surface area contributed by atoms with Gasteiger partial charge in [0, 0.05) is 23.0 Å². The lowest BCUT2D eigenvalue weighted by Gasteiger charge is -2.13. The summed E-state index contributed by atoms with van der Waals surface area (Å²) >= 11 is 6.95. The zero-order valence-electron chi connectivity index (χ0n) is 12.1. The monoisotopic (exact) mass is 353 g/mol. The number of nitrogens with one attached hydrogen (secondary N) is 2. The van der Waals surface area contributed by atoms with E-state index in [4.69, 9.17) is 11.6 Å². The molecule has 0 saturated carbocycles. The lowest BCUT2D eigenvalue weighted by atomic mass is 10.1. The Hall–Kier alpha value is -1.99. The van der Waals surface area contributed by atoms with Crippen molar-refractivity contribution in [2.75, 3.05) is 6.54 Å². The number of carbonyl (C=O) groups excluding carboxylic acids is 2. The molecule has 2 unspecified atom stereocenters. The predicted molar refractivity (Wildman–Crippen MR) is 85.9 cm³/mol. The van der Waals surface area contributed by atoms with Gasteiger partial charge in [-0.2, -0.15) is 0 Å². The fourth-order valence-electron chi connectivity index (χ4n) is 2.36. The second kappa shape index (κ2) is 6.25. The molecule has 2 aromatic rings. The molecule has 1 saturated heterocycles. The van der Waals surface area contributed by atoms with Gasteiger partial charge < -0.3 is 10.6 Å². The van der Waals surface area contributed by atoms with Gasteiger partial charge in [-0.15, -0.1) is 11.3 Å². The van der Waals surface area contributed by atoms with Crippen LogP contribution in [0.25, 0.3) is 10.6 Å². The van der Waals surface area contributed by atoms with E-state index in [1.807, 2.05) is 6.92 Å². The number of aromatic nitrogens is 1. The van der Waals surface area contributed by atoms with E-state index in [0.717, 1.165) is 11.3 Å². The first-order valence-corrected chi connectivity index (χ1v) is 8.14. The molecule has 1 aromatic carbocycles. The Labute approximate surface area is 140 Å². The fourth-order valence-corrected chi connectivity index (χ4v) is 3.39. The quantitative estimate of drug-likeness (QED) is 0.890. The van der Waals surface area contributed by atoms with Crippen molar-refractivity contribution in [3.63, 3.8) is 0 Å².